The van der Waals surface area contributed by atoms with Crippen LogP contribution in [0.3, 0.4) is 0 Å². The molecule has 0 N–H and O–H groups in total. The summed E-state index contributed by atoms with van der Waals surface area (Å²) in [5.74, 6) is 0. The Kier molecular flexibility index (Phi) is 2.67. The average Bonchev–Trinajstić information content (AvgIpc) is 1.72. The lowest BCUT2D eigenvalue weighted by atomic mass is 10.7. The topological polar surface area (TPSA) is 53.5 Å². The fourth-order valence-corrected chi connectivity index (χ4v) is 0.164. The SMILES string of the molecule is CC[N+](C#N)C#N. The van der Waals surface area contributed by atoms with Crippen molar-refractivity contribution in [2.45, 2.75) is 6.92 Å². The molecule has 35 valence electrons. The first-order valence-corrected chi connectivity index (χ1v) is 1.92. The van der Waals surface area contributed by atoms with Gasteiger partial charge in [0.05, 0.1) is 0 Å². The van der Waals surface area contributed by atoms with Crippen molar-refractivity contribution >= 4 is 0 Å². The minimum Gasteiger partial charge on any atom is -0.123 e. The van der Waals surface area contributed by atoms with Crippen LogP contribution in [0.25, 0.3) is 0 Å². The van der Waals surface area contributed by atoms with Crippen LogP contribution in [0, 0.1) is 22.9 Å². The number of nitrogens with zero attached hydrogens (tertiary/aromatic N) is 3. The van der Waals surface area contributed by atoms with Crippen LogP contribution in [0.4, 0.5) is 0 Å². The summed E-state index contributed by atoms with van der Waals surface area (Å²) in [6, 6.07) is 0. The molecule has 0 spiro atoms. The highest BCUT2D eigenvalue weighted by molar-refractivity contribution is 4.91. The van der Waals surface area contributed by atoms with Gasteiger partial charge in [-0.05, 0) is 6.92 Å². The minimum absolute atomic E-state index is 0.465. The Morgan fingerprint density at radius 2 is 1.86 bits per heavy atom. The molecule has 0 aliphatic carbocycles. The van der Waals surface area contributed by atoms with Crippen molar-refractivity contribution in [2.24, 2.45) is 0 Å². The van der Waals surface area contributed by atoms with E-state index in [-0.39, 0.29) is 0 Å². The van der Waals surface area contributed by atoms with Gasteiger partial charge in [-0.25, -0.2) is 0 Å². The van der Waals surface area contributed by atoms with Crippen LogP contribution < -0.4 is 4.90 Å². The molecule has 0 heterocycles. The van der Waals surface area contributed by atoms with Crippen molar-refractivity contribution in [2.75, 3.05) is 6.54 Å². The van der Waals surface area contributed by atoms with Crippen molar-refractivity contribution in [1.29, 1.82) is 10.5 Å². The molecule has 0 aliphatic heterocycles. The van der Waals surface area contributed by atoms with Gasteiger partial charge in [0.15, 0.2) is 6.54 Å². The molecule has 0 aromatic heterocycles. The van der Waals surface area contributed by atoms with Crippen LogP contribution in [0.1, 0.15) is 6.92 Å². The van der Waals surface area contributed by atoms with E-state index in [9.17, 15) is 0 Å². The van der Waals surface area contributed by atoms with E-state index in [0.717, 1.165) is 4.90 Å². The maximum absolute atomic E-state index is 7.98. The van der Waals surface area contributed by atoms with Crippen molar-refractivity contribution < 1.29 is 0 Å². The van der Waals surface area contributed by atoms with Crippen LogP contribution in [-0.2, 0) is 0 Å². The third-order valence-corrected chi connectivity index (χ3v) is 0.558. The van der Waals surface area contributed by atoms with Gasteiger partial charge < -0.3 is 0 Å². The maximum Gasteiger partial charge on any atom is 0.381 e. The number of hydrogen-bond donors (Lipinski definition) is 0. The predicted octanol–water partition coefficient (Wildman–Crippen LogP) is 0.109. The monoisotopic (exact) mass is 95.0 g/mol. The molecular formula is C4H5N3+. The summed E-state index contributed by atoms with van der Waals surface area (Å²) < 4.78 is 0. The van der Waals surface area contributed by atoms with E-state index in [1.165, 1.54) is 0 Å². The highest BCUT2D eigenvalue weighted by Gasteiger charge is 2.06. The predicted molar refractivity (Wildman–Crippen MR) is 23.9 cm³/mol. The second-order valence-electron chi connectivity index (χ2n) is 0.944. The van der Waals surface area contributed by atoms with Gasteiger partial charge in [0.25, 0.3) is 0 Å². The summed E-state index contributed by atoms with van der Waals surface area (Å²) >= 11 is 0. The van der Waals surface area contributed by atoms with Crippen LogP contribution in [-0.4, -0.2) is 6.54 Å². The molecule has 0 amide bonds. The lowest BCUT2D eigenvalue weighted by molar-refractivity contribution is 0.736. The summed E-state index contributed by atoms with van der Waals surface area (Å²) in [5, 5.41) is 16.0. The summed E-state index contributed by atoms with van der Waals surface area (Å²) in [5.41, 5.74) is 0. The van der Waals surface area contributed by atoms with E-state index in [2.05, 4.69) is 0 Å². The standard InChI is InChI=1S/C4H5N3/c1-2-7(3-5)4-6/h2H2,1H3/q+1. The Hall–Kier alpha value is -1.06. The van der Waals surface area contributed by atoms with Gasteiger partial charge in [0.2, 0.25) is 0 Å². The summed E-state index contributed by atoms with van der Waals surface area (Å²) in [6.45, 7) is 2.21. The molecule has 0 rings (SSSR count). The van der Waals surface area contributed by atoms with E-state index in [0.29, 0.717) is 6.54 Å². The molecule has 0 bridgehead atoms. The highest BCUT2D eigenvalue weighted by atomic mass is 15.1. The van der Waals surface area contributed by atoms with Gasteiger partial charge in [-0.2, -0.15) is 0 Å². The summed E-state index contributed by atoms with van der Waals surface area (Å²) in [7, 11) is 0. The first kappa shape index (κ1) is 5.94. The molecule has 0 atom stereocenters. The Morgan fingerprint density at radius 3 is 1.86 bits per heavy atom. The van der Waals surface area contributed by atoms with Crippen molar-refractivity contribution in [3.8, 4) is 12.4 Å². The lowest BCUT2D eigenvalue weighted by Crippen LogP contribution is -2.15. The van der Waals surface area contributed by atoms with E-state index in [1.54, 1.807) is 19.3 Å². The Balaban J connectivity index is 3.50. The molecule has 1 radical (unpaired) electrons. The zero-order chi connectivity index (χ0) is 5.70. The zero-order valence-electron chi connectivity index (χ0n) is 4.05. The van der Waals surface area contributed by atoms with Crippen LogP contribution in [0.2, 0.25) is 0 Å². The minimum atomic E-state index is 0.465. The van der Waals surface area contributed by atoms with Crippen molar-refractivity contribution in [1.82, 2.24) is 4.90 Å². The quantitative estimate of drug-likeness (QED) is 0.263. The second-order valence-corrected chi connectivity index (χ2v) is 0.944. The first-order chi connectivity index (χ1) is 3.35. The Morgan fingerprint density at radius 1 is 1.43 bits per heavy atom. The molecular weight excluding hydrogens is 90.1 g/mol. The molecule has 7 heavy (non-hydrogen) atoms. The summed E-state index contributed by atoms with van der Waals surface area (Å²) in [4.78, 5) is 0.986. The molecule has 0 saturated carbocycles. The largest absolute Gasteiger partial charge is 0.381 e. The maximum atomic E-state index is 7.98. The normalized spacial score (nSPS) is 7.43. The second kappa shape index (κ2) is 3.14. The molecule has 0 aromatic rings. The fraction of sp³-hybridized carbons (Fsp3) is 0.500. The van der Waals surface area contributed by atoms with E-state index in [4.69, 9.17) is 10.5 Å². The van der Waals surface area contributed by atoms with Crippen LogP contribution in [0.15, 0.2) is 0 Å². The molecule has 0 unspecified atom stereocenters. The first-order valence-electron chi connectivity index (χ1n) is 1.92. The molecule has 0 aliphatic rings. The van der Waals surface area contributed by atoms with Crippen molar-refractivity contribution in [3.63, 3.8) is 0 Å². The van der Waals surface area contributed by atoms with Gasteiger partial charge in [0.1, 0.15) is 0 Å². The van der Waals surface area contributed by atoms with Gasteiger partial charge >= 0.3 is 12.4 Å². The van der Waals surface area contributed by atoms with Gasteiger partial charge in [-0.1, -0.05) is 0 Å². The average molecular weight is 95.1 g/mol. The lowest BCUT2D eigenvalue weighted by Gasteiger charge is -1.75. The third kappa shape index (κ3) is 1.75. The summed E-state index contributed by atoms with van der Waals surface area (Å²) in [6.07, 6.45) is 3.35. The molecule has 0 fully saturated rings. The smallest absolute Gasteiger partial charge is 0.123 e. The third-order valence-electron chi connectivity index (χ3n) is 0.558. The Bertz CT molecular complexity index is 102. The van der Waals surface area contributed by atoms with E-state index >= 15 is 0 Å². The fourth-order valence-electron chi connectivity index (χ4n) is 0.164. The Labute approximate surface area is 42.4 Å². The van der Waals surface area contributed by atoms with Gasteiger partial charge in [-0.15, -0.1) is 10.5 Å². The highest BCUT2D eigenvalue weighted by Crippen LogP contribution is 1.68. The van der Waals surface area contributed by atoms with Crippen LogP contribution >= 0.6 is 0 Å². The number of nitriles is 2. The number of hydrogen-bond acceptors (Lipinski definition) is 3. The van der Waals surface area contributed by atoms with E-state index < -0.39 is 0 Å². The van der Waals surface area contributed by atoms with Crippen molar-refractivity contribution in [3.05, 3.63) is 0 Å². The zero-order valence-corrected chi connectivity index (χ0v) is 4.05. The van der Waals surface area contributed by atoms with E-state index in [1.807, 2.05) is 0 Å². The molecule has 0 aromatic carbocycles. The molecule has 0 saturated heterocycles. The van der Waals surface area contributed by atoms with Gasteiger partial charge in [-0.3, -0.25) is 0 Å². The molecule has 3 nitrogen and oxygen atoms in total. The van der Waals surface area contributed by atoms with Crippen LogP contribution in [0.5, 0.6) is 0 Å². The van der Waals surface area contributed by atoms with Gasteiger partial charge in [0, 0.05) is 4.90 Å². The number of rotatable bonds is 1. The molecule has 3 heteroatoms.